The number of ether oxygens (including phenoxy) is 2. The lowest BCUT2D eigenvalue weighted by atomic mass is 10.1. The zero-order valence-corrected chi connectivity index (χ0v) is 21.7. The van der Waals surface area contributed by atoms with Crippen molar-refractivity contribution in [3.63, 3.8) is 0 Å². The van der Waals surface area contributed by atoms with Crippen LogP contribution in [0.25, 0.3) is 11.1 Å². The molecular formula is C29H33N3O5. The van der Waals surface area contributed by atoms with Gasteiger partial charge in [-0.3, -0.25) is 0 Å². The highest BCUT2D eigenvalue weighted by Gasteiger charge is 2.29. The molecule has 3 aromatic carbocycles. The van der Waals surface area contributed by atoms with Gasteiger partial charge < -0.3 is 28.8 Å². The molecule has 194 valence electrons. The first kappa shape index (κ1) is 25.9. The lowest BCUT2D eigenvalue weighted by Crippen LogP contribution is -2.37. The number of hydrogen-bond donors (Lipinski definition) is 1. The zero-order chi connectivity index (χ0) is 26.4. The Hall–Kier alpha value is -4.20. The number of rotatable bonds is 12. The molecule has 8 heteroatoms. The number of aliphatic carboxylic acids is 1. The van der Waals surface area contributed by atoms with Crippen LogP contribution in [0.15, 0.2) is 77.2 Å². The molecule has 37 heavy (non-hydrogen) atoms. The molecule has 1 N–H and O–H groups in total. The number of carboxylic acid groups (broad SMARTS) is 1. The molecule has 0 aliphatic rings. The van der Waals surface area contributed by atoms with Crippen LogP contribution >= 0.6 is 0 Å². The summed E-state index contributed by atoms with van der Waals surface area (Å²) in [5.41, 5.74) is 2.34. The van der Waals surface area contributed by atoms with Crippen molar-refractivity contribution in [1.82, 2.24) is 4.98 Å². The van der Waals surface area contributed by atoms with Crippen LogP contribution in [0.2, 0.25) is 0 Å². The van der Waals surface area contributed by atoms with Crippen molar-refractivity contribution in [3.8, 4) is 11.5 Å². The number of nitrogens with zero attached hydrogens (tertiary/aromatic N) is 3. The van der Waals surface area contributed by atoms with Crippen LogP contribution in [-0.2, 0) is 11.3 Å². The van der Waals surface area contributed by atoms with E-state index >= 15 is 0 Å². The van der Waals surface area contributed by atoms with E-state index in [1.54, 1.807) is 12.1 Å². The second-order valence-electron chi connectivity index (χ2n) is 9.54. The molecule has 0 atom stereocenters. The molecule has 4 aromatic rings. The number of carbonyl (C=O) groups is 1. The van der Waals surface area contributed by atoms with Crippen LogP contribution < -0.4 is 19.3 Å². The largest absolute Gasteiger partial charge is 0.493 e. The van der Waals surface area contributed by atoms with Crippen LogP contribution in [-0.4, -0.2) is 48.9 Å². The van der Waals surface area contributed by atoms with Gasteiger partial charge >= 0.3 is 5.97 Å². The van der Waals surface area contributed by atoms with Gasteiger partial charge in [0.2, 0.25) is 0 Å². The minimum absolute atomic E-state index is 0.498. The molecule has 0 fully saturated rings. The predicted octanol–water partition coefficient (Wildman–Crippen LogP) is 5.61. The van der Waals surface area contributed by atoms with Gasteiger partial charge in [-0.2, -0.15) is 4.98 Å². The third-order valence-corrected chi connectivity index (χ3v) is 5.91. The van der Waals surface area contributed by atoms with Crippen molar-refractivity contribution in [2.75, 3.05) is 37.0 Å². The van der Waals surface area contributed by atoms with Gasteiger partial charge in [0.05, 0.1) is 6.61 Å². The molecule has 0 unspecified atom stereocenters. The topological polar surface area (TPSA) is 88.3 Å². The Bertz CT molecular complexity index is 1300. The molecular weight excluding hydrogens is 470 g/mol. The minimum atomic E-state index is -1.31. The summed E-state index contributed by atoms with van der Waals surface area (Å²) in [4.78, 5) is 20.2. The number of oxazole rings is 1. The van der Waals surface area contributed by atoms with Gasteiger partial charge in [-0.1, -0.05) is 30.3 Å². The second-order valence-corrected chi connectivity index (χ2v) is 9.54. The van der Waals surface area contributed by atoms with Gasteiger partial charge in [-0.05, 0) is 62.2 Å². The van der Waals surface area contributed by atoms with Crippen molar-refractivity contribution >= 4 is 28.8 Å². The van der Waals surface area contributed by atoms with E-state index in [0.717, 1.165) is 34.5 Å². The maximum absolute atomic E-state index is 11.4. The maximum atomic E-state index is 11.4. The van der Waals surface area contributed by atoms with Gasteiger partial charge in [0, 0.05) is 38.9 Å². The highest BCUT2D eigenvalue weighted by Crippen LogP contribution is 2.25. The lowest BCUT2D eigenvalue weighted by molar-refractivity contribution is -0.152. The van der Waals surface area contributed by atoms with Crippen molar-refractivity contribution in [1.29, 1.82) is 0 Å². The average molecular weight is 504 g/mol. The Balaban J connectivity index is 1.44. The summed E-state index contributed by atoms with van der Waals surface area (Å²) in [7, 11) is 4.01. The Morgan fingerprint density at radius 2 is 1.76 bits per heavy atom. The predicted molar refractivity (Wildman–Crippen MR) is 145 cm³/mol. The third kappa shape index (κ3) is 6.73. The number of para-hydroxylation sites is 2. The van der Waals surface area contributed by atoms with E-state index in [1.165, 1.54) is 13.8 Å². The first-order chi connectivity index (χ1) is 17.7. The summed E-state index contributed by atoms with van der Waals surface area (Å²) in [5, 5.41) is 9.31. The van der Waals surface area contributed by atoms with Crippen molar-refractivity contribution in [3.05, 3.63) is 78.4 Å². The Labute approximate surface area is 217 Å². The van der Waals surface area contributed by atoms with Gasteiger partial charge in [0.15, 0.2) is 11.2 Å². The number of benzene rings is 3. The van der Waals surface area contributed by atoms with E-state index in [9.17, 15) is 9.90 Å². The fraction of sp³-hybridized carbons (Fsp3) is 0.310. The van der Waals surface area contributed by atoms with E-state index in [2.05, 4.69) is 9.88 Å². The zero-order valence-electron chi connectivity index (χ0n) is 21.7. The van der Waals surface area contributed by atoms with Crippen LogP contribution in [0, 0.1) is 0 Å². The number of hydrogen-bond acceptors (Lipinski definition) is 7. The summed E-state index contributed by atoms with van der Waals surface area (Å²) in [5.74, 6) is 0.312. The van der Waals surface area contributed by atoms with E-state index < -0.39 is 11.6 Å². The Morgan fingerprint density at radius 1 is 1.00 bits per heavy atom. The first-order valence-electron chi connectivity index (χ1n) is 12.2. The van der Waals surface area contributed by atoms with E-state index in [4.69, 9.17) is 13.9 Å². The normalized spacial score (nSPS) is 11.4. The molecule has 8 nitrogen and oxygen atoms in total. The number of aromatic nitrogens is 1. The van der Waals surface area contributed by atoms with Crippen LogP contribution in [0.3, 0.4) is 0 Å². The fourth-order valence-corrected chi connectivity index (χ4v) is 3.76. The van der Waals surface area contributed by atoms with E-state index in [0.29, 0.717) is 31.5 Å². The Kier molecular flexibility index (Phi) is 7.86. The van der Waals surface area contributed by atoms with Gasteiger partial charge in [-0.25, -0.2) is 4.79 Å². The van der Waals surface area contributed by atoms with Crippen molar-refractivity contribution < 1.29 is 23.8 Å². The fourth-order valence-electron chi connectivity index (χ4n) is 3.76. The number of anilines is 2. The summed E-state index contributed by atoms with van der Waals surface area (Å²) in [6.45, 7) is 4.83. The molecule has 0 aliphatic heterocycles. The summed E-state index contributed by atoms with van der Waals surface area (Å²) in [6.07, 6.45) is 0.763. The number of carboxylic acids is 1. The van der Waals surface area contributed by atoms with Gasteiger partial charge in [0.1, 0.15) is 17.0 Å². The van der Waals surface area contributed by atoms with Gasteiger partial charge in [-0.15, -0.1) is 0 Å². The molecule has 1 aromatic heterocycles. The quantitative estimate of drug-likeness (QED) is 0.250. The molecule has 1 heterocycles. The molecule has 0 saturated carbocycles. The Morgan fingerprint density at radius 3 is 2.46 bits per heavy atom. The maximum Gasteiger partial charge on any atom is 0.347 e. The highest BCUT2D eigenvalue weighted by molar-refractivity contribution is 5.76. The molecule has 0 radical (unpaired) electrons. The summed E-state index contributed by atoms with van der Waals surface area (Å²) >= 11 is 0. The molecule has 0 amide bonds. The monoisotopic (exact) mass is 503 g/mol. The molecule has 4 rings (SSSR count). The molecule has 0 bridgehead atoms. The summed E-state index contributed by atoms with van der Waals surface area (Å²) in [6, 6.07) is 23.7. The van der Waals surface area contributed by atoms with E-state index in [-0.39, 0.29) is 0 Å². The van der Waals surface area contributed by atoms with Crippen LogP contribution in [0.4, 0.5) is 11.7 Å². The van der Waals surface area contributed by atoms with Crippen molar-refractivity contribution in [2.45, 2.75) is 32.4 Å². The van der Waals surface area contributed by atoms with Gasteiger partial charge in [0.25, 0.3) is 6.01 Å². The first-order valence-corrected chi connectivity index (χ1v) is 12.2. The number of fused-ring (bicyclic) bond motifs is 1. The standard InChI is InChI=1S/C29H33N3O5/c1-29(2,27(33)34)37-23-15-13-21(14-16-23)20-32(28-30-25-11-5-6-12-26(25)36-28)17-8-18-35-24-10-7-9-22(19-24)31(3)4/h5-7,9-16,19H,8,17-18,20H2,1-4H3,(H,33,34). The lowest BCUT2D eigenvalue weighted by Gasteiger charge is -2.23. The molecule has 0 saturated heterocycles. The smallest absolute Gasteiger partial charge is 0.347 e. The third-order valence-electron chi connectivity index (χ3n) is 5.91. The van der Waals surface area contributed by atoms with Crippen LogP contribution in [0.1, 0.15) is 25.8 Å². The summed E-state index contributed by atoms with van der Waals surface area (Å²) < 4.78 is 17.7. The second kappa shape index (κ2) is 11.2. The van der Waals surface area contributed by atoms with Crippen molar-refractivity contribution in [2.24, 2.45) is 0 Å². The highest BCUT2D eigenvalue weighted by atomic mass is 16.5. The molecule has 0 aliphatic carbocycles. The minimum Gasteiger partial charge on any atom is -0.493 e. The SMILES string of the molecule is CN(C)c1cccc(OCCCN(Cc2ccc(OC(C)(C)C(=O)O)cc2)c2nc3ccccc3o2)c1. The van der Waals surface area contributed by atoms with E-state index in [1.807, 2.05) is 79.7 Å². The molecule has 0 spiro atoms. The average Bonchev–Trinajstić information content (AvgIpc) is 3.31. The van der Waals surface area contributed by atoms with Crippen LogP contribution in [0.5, 0.6) is 11.5 Å².